The van der Waals surface area contributed by atoms with Crippen LogP contribution in [0.15, 0.2) is 18.3 Å². The lowest BCUT2D eigenvalue weighted by Gasteiger charge is -2.19. The predicted molar refractivity (Wildman–Crippen MR) is 65.1 cm³/mol. The van der Waals surface area contributed by atoms with E-state index in [4.69, 9.17) is 9.47 Å². The summed E-state index contributed by atoms with van der Waals surface area (Å²) in [5.74, 6) is 0.155. The molecule has 0 radical (unpaired) electrons. The van der Waals surface area contributed by atoms with Gasteiger partial charge < -0.3 is 14.8 Å². The van der Waals surface area contributed by atoms with Crippen molar-refractivity contribution in [2.75, 3.05) is 19.0 Å². The Morgan fingerprint density at radius 3 is 2.76 bits per heavy atom. The Kier molecular flexibility index (Phi) is 4.45. The molecule has 1 aromatic rings. The summed E-state index contributed by atoms with van der Waals surface area (Å²) in [7, 11) is 1.50. The van der Waals surface area contributed by atoms with E-state index < -0.39 is 0 Å². The fourth-order valence-electron chi connectivity index (χ4n) is 1.12. The van der Waals surface area contributed by atoms with Gasteiger partial charge in [-0.15, -0.1) is 0 Å². The van der Waals surface area contributed by atoms with E-state index in [0.717, 1.165) is 0 Å². The van der Waals surface area contributed by atoms with Crippen molar-refractivity contribution in [3.05, 3.63) is 18.3 Å². The highest BCUT2D eigenvalue weighted by Gasteiger charge is 2.14. The van der Waals surface area contributed by atoms with Crippen LogP contribution in [-0.4, -0.2) is 30.2 Å². The second-order valence-corrected chi connectivity index (χ2v) is 4.51. The average Bonchev–Trinajstić information content (AvgIpc) is 2.26. The zero-order valence-electron chi connectivity index (χ0n) is 10.6. The van der Waals surface area contributed by atoms with Gasteiger partial charge in [-0.3, -0.25) is 4.79 Å². The molecule has 0 spiro atoms. The van der Waals surface area contributed by atoms with Crippen LogP contribution in [0.5, 0.6) is 5.88 Å². The minimum absolute atomic E-state index is 0.00154. The van der Waals surface area contributed by atoms with Crippen molar-refractivity contribution in [3.8, 4) is 5.88 Å². The van der Waals surface area contributed by atoms with Gasteiger partial charge in [0, 0.05) is 6.20 Å². The monoisotopic (exact) mass is 238 g/mol. The molecule has 1 aromatic heterocycles. The number of pyridine rings is 1. The largest absolute Gasteiger partial charge is 0.480 e. The molecule has 0 saturated carbocycles. The standard InChI is InChI=1S/C12H18N2O3/c1-12(2,3)17-8-10(15)14-9-6-5-7-13-11(9)16-4/h5-7H,8H2,1-4H3,(H,14,15). The zero-order chi connectivity index (χ0) is 12.9. The van der Waals surface area contributed by atoms with E-state index in [2.05, 4.69) is 10.3 Å². The highest BCUT2D eigenvalue weighted by atomic mass is 16.5. The van der Waals surface area contributed by atoms with Crippen LogP contribution in [0.1, 0.15) is 20.8 Å². The number of methoxy groups -OCH3 is 1. The molecule has 0 aliphatic heterocycles. The first-order valence-corrected chi connectivity index (χ1v) is 5.35. The minimum Gasteiger partial charge on any atom is -0.480 e. The number of amides is 1. The summed E-state index contributed by atoms with van der Waals surface area (Å²) in [6.45, 7) is 5.68. The van der Waals surface area contributed by atoms with Crippen LogP contribution in [-0.2, 0) is 9.53 Å². The molecule has 94 valence electrons. The molecule has 1 rings (SSSR count). The van der Waals surface area contributed by atoms with Gasteiger partial charge in [0.15, 0.2) is 0 Å². The van der Waals surface area contributed by atoms with Gasteiger partial charge >= 0.3 is 0 Å². The van der Waals surface area contributed by atoms with E-state index in [0.29, 0.717) is 11.6 Å². The van der Waals surface area contributed by atoms with E-state index in [1.807, 2.05) is 20.8 Å². The fraction of sp³-hybridized carbons (Fsp3) is 0.500. The highest BCUT2D eigenvalue weighted by Crippen LogP contribution is 2.19. The summed E-state index contributed by atoms with van der Waals surface area (Å²) < 4.78 is 10.4. The lowest BCUT2D eigenvalue weighted by molar-refractivity contribution is -0.125. The molecular formula is C12H18N2O3. The molecule has 1 N–H and O–H groups in total. The van der Waals surface area contributed by atoms with Crippen LogP contribution in [0.4, 0.5) is 5.69 Å². The van der Waals surface area contributed by atoms with E-state index in [-0.39, 0.29) is 18.1 Å². The van der Waals surface area contributed by atoms with Crippen LogP contribution < -0.4 is 10.1 Å². The second-order valence-electron chi connectivity index (χ2n) is 4.51. The van der Waals surface area contributed by atoms with E-state index >= 15 is 0 Å². The summed E-state index contributed by atoms with van der Waals surface area (Å²) in [5.41, 5.74) is 0.202. The summed E-state index contributed by atoms with van der Waals surface area (Å²) in [5, 5.41) is 2.68. The van der Waals surface area contributed by atoms with Crippen molar-refractivity contribution in [1.82, 2.24) is 4.98 Å². The molecule has 0 aromatic carbocycles. The number of ether oxygens (including phenoxy) is 2. The lowest BCUT2D eigenvalue weighted by atomic mass is 10.2. The molecule has 0 bridgehead atoms. The van der Waals surface area contributed by atoms with Crippen molar-refractivity contribution in [1.29, 1.82) is 0 Å². The summed E-state index contributed by atoms with van der Waals surface area (Å²) in [6.07, 6.45) is 1.60. The molecule has 0 saturated heterocycles. The quantitative estimate of drug-likeness (QED) is 0.869. The second kappa shape index (κ2) is 5.63. The van der Waals surface area contributed by atoms with Crippen LogP contribution in [0.25, 0.3) is 0 Å². The van der Waals surface area contributed by atoms with Crippen LogP contribution in [0, 0.1) is 0 Å². The molecule has 0 fully saturated rings. The molecular weight excluding hydrogens is 220 g/mol. The van der Waals surface area contributed by atoms with Gasteiger partial charge in [0.05, 0.1) is 12.7 Å². The number of carbonyl (C=O) groups excluding carboxylic acids is 1. The smallest absolute Gasteiger partial charge is 0.250 e. The number of carbonyl (C=O) groups is 1. The van der Waals surface area contributed by atoms with Gasteiger partial charge in [0.1, 0.15) is 12.3 Å². The van der Waals surface area contributed by atoms with E-state index in [1.54, 1.807) is 18.3 Å². The van der Waals surface area contributed by atoms with E-state index in [1.165, 1.54) is 7.11 Å². The van der Waals surface area contributed by atoms with Gasteiger partial charge in [0.25, 0.3) is 5.91 Å². The maximum absolute atomic E-state index is 11.6. The third kappa shape index (κ3) is 4.82. The number of nitrogens with zero attached hydrogens (tertiary/aromatic N) is 1. The third-order valence-electron chi connectivity index (χ3n) is 1.87. The topological polar surface area (TPSA) is 60.5 Å². The number of anilines is 1. The van der Waals surface area contributed by atoms with Gasteiger partial charge in [-0.1, -0.05) is 0 Å². The summed E-state index contributed by atoms with van der Waals surface area (Å²) in [4.78, 5) is 15.6. The maximum Gasteiger partial charge on any atom is 0.250 e. The van der Waals surface area contributed by atoms with Crippen molar-refractivity contribution in [3.63, 3.8) is 0 Å². The molecule has 0 aliphatic carbocycles. The van der Waals surface area contributed by atoms with Crippen LogP contribution in [0.3, 0.4) is 0 Å². The lowest BCUT2D eigenvalue weighted by Crippen LogP contribution is -2.27. The third-order valence-corrected chi connectivity index (χ3v) is 1.87. The number of rotatable bonds is 4. The molecule has 5 heteroatoms. The predicted octanol–water partition coefficient (Wildman–Crippen LogP) is 1.84. The highest BCUT2D eigenvalue weighted by molar-refractivity contribution is 5.92. The molecule has 17 heavy (non-hydrogen) atoms. The first-order chi connectivity index (χ1) is 7.92. The molecule has 0 atom stereocenters. The Morgan fingerprint density at radius 2 is 2.18 bits per heavy atom. The first kappa shape index (κ1) is 13.4. The number of hydrogen-bond acceptors (Lipinski definition) is 4. The molecule has 0 unspecified atom stereocenters. The normalized spacial score (nSPS) is 11.1. The van der Waals surface area contributed by atoms with Crippen molar-refractivity contribution < 1.29 is 14.3 Å². The van der Waals surface area contributed by atoms with Crippen LogP contribution in [0.2, 0.25) is 0 Å². The van der Waals surface area contributed by atoms with Gasteiger partial charge in [-0.2, -0.15) is 0 Å². The number of aromatic nitrogens is 1. The van der Waals surface area contributed by atoms with Gasteiger partial charge in [-0.05, 0) is 32.9 Å². The summed E-state index contributed by atoms with van der Waals surface area (Å²) >= 11 is 0. The first-order valence-electron chi connectivity index (χ1n) is 5.35. The van der Waals surface area contributed by atoms with Crippen LogP contribution >= 0.6 is 0 Å². The number of hydrogen-bond donors (Lipinski definition) is 1. The van der Waals surface area contributed by atoms with Crippen molar-refractivity contribution in [2.45, 2.75) is 26.4 Å². The number of nitrogens with one attached hydrogen (secondary N) is 1. The molecule has 1 heterocycles. The SMILES string of the molecule is COc1ncccc1NC(=O)COC(C)(C)C. The van der Waals surface area contributed by atoms with Crippen molar-refractivity contribution in [2.24, 2.45) is 0 Å². The Bertz CT molecular complexity index is 386. The Labute approximate surface area is 101 Å². The minimum atomic E-state index is -0.337. The maximum atomic E-state index is 11.6. The average molecular weight is 238 g/mol. The molecule has 5 nitrogen and oxygen atoms in total. The van der Waals surface area contributed by atoms with Crippen molar-refractivity contribution >= 4 is 11.6 Å². The molecule has 0 aliphatic rings. The van der Waals surface area contributed by atoms with Gasteiger partial charge in [-0.25, -0.2) is 4.98 Å². The Hall–Kier alpha value is -1.62. The zero-order valence-corrected chi connectivity index (χ0v) is 10.6. The fourth-order valence-corrected chi connectivity index (χ4v) is 1.12. The summed E-state index contributed by atoms with van der Waals surface area (Å²) in [6, 6.07) is 3.45. The molecule has 1 amide bonds. The Balaban J connectivity index is 2.56. The van der Waals surface area contributed by atoms with E-state index in [9.17, 15) is 4.79 Å². The van der Waals surface area contributed by atoms with Gasteiger partial charge in [0.2, 0.25) is 5.88 Å². The Morgan fingerprint density at radius 1 is 1.47 bits per heavy atom.